The molecule has 1 saturated heterocycles. The minimum absolute atomic E-state index is 0.129. The first-order valence-corrected chi connectivity index (χ1v) is 10.0. The number of halogens is 2. The highest BCUT2D eigenvalue weighted by Gasteiger charge is 2.30. The number of rotatable bonds is 6. The molecule has 1 aromatic carbocycles. The first-order valence-electron chi connectivity index (χ1n) is 9.64. The van der Waals surface area contributed by atoms with E-state index in [0.717, 1.165) is 24.2 Å². The van der Waals surface area contributed by atoms with E-state index in [1.807, 2.05) is 18.9 Å². The highest BCUT2D eigenvalue weighted by Crippen LogP contribution is 2.30. The summed E-state index contributed by atoms with van der Waals surface area (Å²) in [6, 6.07) is 3.96. The molecule has 1 heterocycles. The van der Waals surface area contributed by atoms with Gasteiger partial charge in [-0.15, -0.1) is 0 Å². The average Bonchev–Trinajstić information content (AvgIpc) is 2.62. The Morgan fingerprint density at radius 2 is 2.14 bits per heavy atom. The van der Waals surface area contributed by atoms with Crippen LogP contribution in [0.3, 0.4) is 0 Å². The Hall–Kier alpha value is -2.14. The first kappa shape index (κ1) is 22.2. The molecule has 6 heteroatoms. The molecule has 152 valence electrons. The van der Waals surface area contributed by atoms with Gasteiger partial charge in [0.15, 0.2) is 0 Å². The second-order valence-corrected chi connectivity index (χ2v) is 7.94. The maximum Gasteiger partial charge on any atom is 0.254 e. The molecule has 0 bridgehead atoms. The van der Waals surface area contributed by atoms with Crippen molar-refractivity contribution in [2.75, 3.05) is 13.1 Å². The minimum atomic E-state index is -0.504. The second kappa shape index (κ2) is 9.87. The van der Waals surface area contributed by atoms with Gasteiger partial charge in [0.1, 0.15) is 5.82 Å². The Labute approximate surface area is 172 Å². The molecule has 1 unspecified atom stereocenters. The molecule has 4 nitrogen and oxygen atoms in total. The fraction of sp³-hybridized carbons (Fsp3) is 0.455. The van der Waals surface area contributed by atoms with Gasteiger partial charge < -0.3 is 4.90 Å². The Morgan fingerprint density at radius 3 is 2.71 bits per heavy atom. The molecule has 1 amide bonds. The van der Waals surface area contributed by atoms with Crippen molar-refractivity contribution in [3.63, 3.8) is 0 Å². The number of allylic oxidation sites excluding steroid dienone is 2. The molecule has 0 aliphatic carbocycles. The molecule has 0 saturated carbocycles. The van der Waals surface area contributed by atoms with E-state index < -0.39 is 5.82 Å². The number of carbonyl (C=O) groups is 1. The molecule has 1 aliphatic rings. The minimum Gasteiger partial charge on any atom is -0.338 e. The van der Waals surface area contributed by atoms with E-state index in [2.05, 4.69) is 31.6 Å². The standard InChI is InChI=1S/C22H29ClFN3O/c1-6-25-27(16(4)5)21(10-15(2)3)17-8-7-9-26(14-17)22(28)18-11-19(23)13-20(24)12-18/h6,10-13,15,17H,4,7-9,14H2,1-3,5H3/b21-10-,25-6-. The summed E-state index contributed by atoms with van der Waals surface area (Å²) in [6.45, 7) is 13.3. The fourth-order valence-corrected chi connectivity index (χ4v) is 3.71. The number of hydrogen-bond acceptors (Lipinski definition) is 3. The lowest BCUT2D eigenvalue weighted by Crippen LogP contribution is -2.42. The summed E-state index contributed by atoms with van der Waals surface area (Å²) < 4.78 is 13.7. The van der Waals surface area contributed by atoms with Crippen molar-refractivity contribution >= 4 is 23.7 Å². The van der Waals surface area contributed by atoms with Crippen molar-refractivity contribution < 1.29 is 9.18 Å². The molecule has 0 radical (unpaired) electrons. The molecule has 1 atom stereocenters. The zero-order valence-electron chi connectivity index (χ0n) is 17.1. The maximum atomic E-state index is 13.7. The SMILES string of the molecule is C=C(C)N(/N=C\C)/C(=C\C(C)C)C1CCCN(C(=O)c2cc(F)cc(Cl)c2)C1. The molecule has 0 spiro atoms. The molecule has 28 heavy (non-hydrogen) atoms. The summed E-state index contributed by atoms with van der Waals surface area (Å²) in [5.41, 5.74) is 2.16. The summed E-state index contributed by atoms with van der Waals surface area (Å²) in [5.74, 6) is -0.243. The smallest absolute Gasteiger partial charge is 0.254 e. The van der Waals surface area contributed by atoms with Crippen molar-refractivity contribution in [3.8, 4) is 0 Å². The van der Waals surface area contributed by atoms with Gasteiger partial charge in [-0.25, -0.2) is 9.40 Å². The third kappa shape index (κ3) is 5.68. The van der Waals surface area contributed by atoms with Crippen LogP contribution >= 0.6 is 11.6 Å². The van der Waals surface area contributed by atoms with Gasteiger partial charge in [-0.2, -0.15) is 5.10 Å². The summed E-state index contributed by atoms with van der Waals surface area (Å²) >= 11 is 5.93. The Balaban J connectivity index is 2.30. The zero-order valence-corrected chi connectivity index (χ0v) is 17.8. The number of hydrazone groups is 1. The van der Waals surface area contributed by atoms with Crippen molar-refractivity contribution in [2.45, 2.75) is 40.5 Å². The number of nitrogens with zero attached hydrogens (tertiary/aromatic N) is 3. The lowest BCUT2D eigenvalue weighted by Gasteiger charge is -2.37. The zero-order chi connectivity index (χ0) is 20.8. The molecule has 1 aliphatic heterocycles. The monoisotopic (exact) mass is 405 g/mol. The lowest BCUT2D eigenvalue weighted by atomic mass is 9.91. The average molecular weight is 406 g/mol. The Kier molecular flexibility index (Phi) is 7.81. The van der Waals surface area contributed by atoms with Gasteiger partial charge in [0.05, 0.1) is 0 Å². The van der Waals surface area contributed by atoms with E-state index in [0.29, 0.717) is 19.0 Å². The van der Waals surface area contributed by atoms with Crippen LogP contribution in [0.4, 0.5) is 4.39 Å². The van der Waals surface area contributed by atoms with Crippen molar-refractivity contribution in [3.05, 3.63) is 58.7 Å². The van der Waals surface area contributed by atoms with Crippen molar-refractivity contribution in [1.82, 2.24) is 9.91 Å². The number of hydrogen-bond donors (Lipinski definition) is 0. The molecule has 2 rings (SSSR count). The third-order valence-corrected chi connectivity index (χ3v) is 4.80. The molecular formula is C22H29ClFN3O. The van der Waals surface area contributed by atoms with E-state index in [1.54, 1.807) is 11.1 Å². The van der Waals surface area contributed by atoms with Crippen LogP contribution in [0.25, 0.3) is 0 Å². The molecular weight excluding hydrogens is 377 g/mol. The summed E-state index contributed by atoms with van der Waals surface area (Å²) in [4.78, 5) is 14.7. The van der Waals surface area contributed by atoms with Crippen LogP contribution in [-0.4, -0.2) is 35.1 Å². The molecule has 1 aromatic rings. The highest BCUT2D eigenvalue weighted by atomic mass is 35.5. The number of amides is 1. The van der Waals surface area contributed by atoms with Crippen LogP contribution in [0.15, 0.2) is 47.3 Å². The van der Waals surface area contributed by atoms with E-state index in [-0.39, 0.29) is 22.4 Å². The van der Waals surface area contributed by atoms with Gasteiger partial charge in [-0.05, 0) is 50.8 Å². The van der Waals surface area contributed by atoms with Gasteiger partial charge in [0.25, 0.3) is 5.91 Å². The van der Waals surface area contributed by atoms with Crippen molar-refractivity contribution in [1.29, 1.82) is 0 Å². The van der Waals surface area contributed by atoms with Crippen LogP contribution in [0, 0.1) is 17.7 Å². The van der Waals surface area contributed by atoms with E-state index in [4.69, 9.17) is 11.6 Å². The van der Waals surface area contributed by atoms with Gasteiger partial charge in [-0.3, -0.25) is 4.79 Å². The van der Waals surface area contributed by atoms with Gasteiger partial charge in [0, 0.05) is 47.2 Å². The highest BCUT2D eigenvalue weighted by molar-refractivity contribution is 6.31. The first-order chi connectivity index (χ1) is 13.2. The van der Waals surface area contributed by atoms with Crippen LogP contribution in [-0.2, 0) is 0 Å². The van der Waals surface area contributed by atoms with Gasteiger partial charge in [-0.1, -0.05) is 38.1 Å². The predicted octanol–water partition coefficient (Wildman–Crippen LogP) is 5.71. The van der Waals surface area contributed by atoms with Crippen molar-refractivity contribution in [2.24, 2.45) is 16.9 Å². The number of benzene rings is 1. The second-order valence-electron chi connectivity index (χ2n) is 7.50. The normalized spacial score (nSPS) is 18.0. The topological polar surface area (TPSA) is 35.9 Å². The summed E-state index contributed by atoms with van der Waals surface area (Å²) in [7, 11) is 0. The van der Waals surface area contributed by atoms with Gasteiger partial charge >= 0.3 is 0 Å². The largest absolute Gasteiger partial charge is 0.338 e. The maximum absolute atomic E-state index is 13.7. The van der Waals surface area contributed by atoms with E-state index in [1.165, 1.54) is 18.2 Å². The third-order valence-electron chi connectivity index (χ3n) is 4.58. The molecule has 0 aromatic heterocycles. The van der Waals surface area contributed by atoms with Crippen LogP contribution < -0.4 is 0 Å². The van der Waals surface area contributed by atoms with Crippen LogP contribution in [0.2, 0.25) is 5.02 Å². The number of likely N-dealkylation sites (tertiary alicyclic amines) is 1. The summed E-state index contributed by atoms with van der Waals surface area (Å²) in [6.07, 6.45) is 5.74. The van der Waals surface area contributed by atoms with Crippen LogP contribution in [0.5, 0.6) is 0 Å². The Morgan fingerprint density at radius 1 is 1.43 bits per heavy atom. The predicted molar refractivity (Wildman–Crippen MR) is 114 cm³/mol. The van der Waals surface area contributed by atoms with Gasteiger partial charge in [0.2, 0.25) is 0 Å². The van der Waals surface area contributed by atoms with E-state index in [9.17, 15) is 9.18 Å². The fourth-order valence-electron chi connectivity index (χ4n) is 3.49. The number of piperidine rings is 1. The van der Waals surface area contributed by atoms with Crippen LogP contribution in [0.1, 0.15) is 50.9 Å². The molecule has 1 fully saturated rings. The molecule has 0 N–H and O–H groups in total. The Bertz CT molecular complexity index is 768. The quantitative estimate of drug-likeness (QED) is 0.448. The number of carbonyl (C=O) groups excluding carboxylic acids is 1. The lowest BCUT2D eigenvalue weighted by molar-refractivity contribution is 0.0678. The summed E-state index contributed by atoms with van der Waals surface area (Å²) in [5, 5.41) is 6.56. The van der Waals surface area contributed by atoms with E-state index >= 15 is 0 Å².